The number of carbonyl (C=O) groups excluding carboxylic acids is 2. The number of rotatable bonds is 3. The summed E-state index contributed by atoms with van der Waals surface area (Å²) in [5, 5.41) is 0.924. The van der Waals surface area contributed by atoms with E-state index in [1.165, 1.54) is 0 Å². The second-order valence-corrected chi connectivity index (χ2v) is 9.42. The predicted octanol–water partition coefficient (Wildman–Crippen LogP) is 4.99. The first-order chi connectivity index (χ1) is 14.2. The van der Waals surface area contributed by atoms with Crippen molar-refractivity contribution in [1.82, 2.24) is 9.88 Å². The summed E-state index contributed by atoms with van der Waals surface area (Å²) < 4.78 is 10.8. The average Bonchev–Trinajstić information content (AvgIpc) is 2.70. The van der Waals surface area contributed by atoms with Crippen LogP contribution in [-0.4, -0.2) is 46.6 Å². The molecule has 2 aliphatic heterocycles. The van der Waals surface area contributed by atoms with E-state index < -0.39 is 5.60 Å². The summed E-state index contributed by atoms with van der Waals surface area (Å²) in [5.41, 5.74) is 1.01. The fourth-order valence-corrected chi connectivity index (χ4v) is 4.82. The van der Waals surface area contributed by atoms with Gasteiger partial charge in [0.05, 0.1) is 12.6 Å². The van der Waals surface area contributed by atoms with Crippen molar-refractivity contribution in [3.8, 4) is 5.88 Å². The Morgan fingerprint density at radius 2 is 1.77 bits per heavy atom. The highest BCUT2D eigenvalue weighted by Gasteiger charge is 2.44. The first-order valence-electron chi connectivity index (χ1n) is 10.8. The van der Waals surface area contributed by atoms with Crippen molar-refractivity contribution in [2.45, 2.75) is 70.6 Å². The first-order valence-corrected chi connectivity index (χ1v) is 10.8. The summed E-state index contributed by atoms with van der Waals surface area (Å²) in [4.78, 5) is 32.4. The third kappa shape index (κ3) is 4.13. The number of carbonyl (C=O) groups is 2. The molecule has 2 aliphatic rings. The highest BCUT2D eigenvalue weighted by atomic mass is 16.6. The lowest BCUT2D eigenvalue weighted by Crippen LogP contribution is -2.56. The third-order valence-corrected chi connectivity index (χ3v) is 6.11. The lowest BCUT2D eigenvalue weighted by Gasteiger charge is -2.48. The van der Waals surface area contributed by atoms with Gasteiger partial charge in [0.25, 0.3) is 0 Å². The zero-order valence-corrected chi connectivity index (χ0v) is 18.2. The summed E-state index contributed by atoms with van der Waals surface area (Å²) in [5.74, 6) is 0.653. The van der Waals surface area contributed by atoms with Gasteiger partial charge in [-0.3, -0.25) is 4.79 Å². The summed E-state index contributed by atoms with van der Waals surface area (Å²) in [6.45, 7) is 5.67. The lowest BCUT2D eigenvalue weighted by atomic mass is 9.76. The fourth-order valence-electron chi connectivity index (χ4n) is 4.82. The number of amides is 1. The zero-order chi connectivity index (χ0) is 21.5. The number of benzene rings is 1. The van der Waals surface area contributed by atoms with Gasteiger partial charge in [0.2, 0.25) is 5.88 Å². The second-order valence-electron chi connectivity index (χ2n) is 9.42. The molecule has 30 heavy (non-hydrogen) atoms. The molecule has 2 atom stereocenters. The molecule has 3 heterocycles. The van der Waals surface area contributed by atoms with Crippen molar-refractivity contribution in [3.63, 3.8) is 0 Å². The molecule has 0 spiro atoms. The molecule has 4 rings (SSSR count). The Kier molecular flexibility index (Phi) is 5.43. The maximum absolute atomic E-state index is 13.3. The number of piperidine rings is 2. The molecule has 0 N–H and O–H groups in total. The second kappa shape index (κ2) is 7.89. The van der Waals surface area contributed by atoms with Crippen LogP contribution in [0.4, 0.5) is 4.79 Å². The van der Waals surface area contributed by atoms with Gasteiger partial charge in [-0.1, -0.05) is 0 Å². The number of methoxy groups -OCH3 is 1. The van der Waals surface area contributed by atoms with Crippen LogP contribution in [0.2, 0.25) is 0 Å². The van der Waals surface area contributed by atoms with Gasteiger partial charge in [-0.05, 0) is 77.1 Å². The van der Waals surface area contributed by atoms with Crippen molar-refractivity contribution in [1.29, 1.82) is 0 Å². The molecule has 2 fully saturated rings. The Labute approximate surface area is 177 Å². The molecule has 2 bridgehead atoms. The van der Waals surface area contributed by atoms with Gasteiger partial charge in [0.1, 0.15) is 5.60 Å². The monoisotopic (exact) mass is 410 g/mol. The van der Waals surface area contributed by atoms with Crippen LogP contribution in [0.3, 0.4) is 0 Å². The van der Waals surface area contributed by atoms with Crippen LogP contribution in [-0.2, 0) is 4.74 Å². The molecule has 1 aromatic heterocycles. The molecule has 2 aromatic rings. The molecule has 6 heteroatoms. The van der Waals surface area contributed by atoms with E-state index in [0.29, 0.717) is 24.3 Å². The highest BCUT2D eigenvalue weighted by molar-refractivity contribution is 6.01. The largest absolute Gasteiger partial charge is 0.481 e. The molecule has 0 radical (unpaired) electrons. The molecule has 0 saturated carbocycles. The third-order valence-electron chi connectivity index (χ3n) is 6.11. The molecule has 6 nitrogen and oxygen atoms in total. The van der Waals surface area contributed by atoms with E-state index >= 15 is 0 Å². The van der Waals surface area contributed by atoms with E-state index in [1.807, 2.05) is 49.9 Å². The SMILES string of the molecule is COc1ccc2cc(C(=O)C3CC4CCCC(C3)N4C(=O)OC(C)(C)C)ccc2n1. The number of fused-ring (bicyclic) bond motifs is 3. The van der Waals surface area contributed by atoms with Gasteiger partial charge in [0, 0.05) is 35.0 Å². The molecular formula is C24H30N2O4. The van der Waals surface area contributed by atoms with Crippen molar-refractivity contribution in [2.75, 3.05) is 7.11 Å². The molecular weight excluding hydrogens is 380 g/mol. The van der Waals surface area contributed by atoms with Crippen molar-refractivity contribution >= 4 is 22.8 Å². The molecule has 160 valence electrons. The fraction of sp³-hybridized carbons (Fsp3) is 0.542. The topological polar surface area (TPSA) is 68.7 Å². The number of ketones is 1. The maximum atomic E-state index is 13.3. The van der Waals surface area contributed by atoms with Crippen LogP contribution < -0.4 is 4.74 Å². The van der Waals surface area contributed by atoms with Gasteiger partial charge in [-0.2, -0.15) is 0 Å². The Morgan fingerprint density at radius 1 is 1.07 bits per heavy atom. The Bertz CT molecular complexity index is 951. The zero-order valence-electron chi connectivity index (χ0n) is 18.2. The van der Waals surface area contributed by atoms with E-state index in [1.54, 1.807) is 13.2 Å². The van der Waals surface area contributed by atoms with Crippen LogP contribution in [0.1, 0.15) is 63.2 Å². The van der Waals surface area contributed by atoms with Crippen LogP contribution in [0.25, 0.3) is 10.9 Å². The molecule has 0 aliphatic carbocycles. The lowest BCUT2D eigenvalue weighted by molar-refractivity contribution is -0.0260. The average molecular weight is 411 g/mol. The maximum Gasteiger partial charge on any atom is 0.410 e. The van der Waals surface area contributed by atoms with Gasteiger partial charge in [-0.25, -0.2) is 9.78 Å². The summed E-state index contributed by atoms with van der Waals surface area (Å²) in [6, 6.07) is 9.54. The summed E-state index contributed by atoms with van der Waals surface area (Å²) in [7, 11) is 1.59. The number of pyridine rings is 1. The van der Waals surface area contributed by atoms with Crippen LogP contribution in [0.5, 0.6) is 5.88 Å². The first kappa shape index (κ1) is 20.6. The molecule has 2 unspecified atom stereocenters. The van der Waals surface area contributed by atoms with E-state index in [4.69, 9.17) is 9.47 Å². The van der Waals surface area contributed by atoms with Crippen molar-refractivity contribution in [3.05, 3.63) is 35.9 Å². The predicted molar refractivity (Wildman–Crippen MR) is 115 cm³/mol. The van der Waals surface area contributed by atoms with E-state index in [-0.39, 0.29) is 29.9 Å². The van der Waals surface area contributed by atoms with E-state index in [2.05, 4.69) is 4.98 Å². The standard InChI is InChI=1S/C24H30N2O4/c1-24(2,3)30-23(28)26-18-6-5-7-19(26)14-17(13-18)22(27)16-8-10-20-15(12-16)9-11-21(25-20)29-4/h8-12,17-19H,5-7,13-14H2,1-4H3. The number of hydrogen-bond acceptors (Lipinski definition) is 5. The minimum absolute atomic E-state index is 0.0670. The van der Waals surface area contributed by atoms with E-state index in [0.717, 1.165) is 30.2 Å². The number of aromatic nitrogens is 1. The highest BCUT2D eigenvalue weighted by Crippen LogP contribution is 2.39. The van der Waals surface area contributed by atoms with Crippen molar-refractivity contribution < 1.29 is 19.1 Å². The van der Waals surface area contributed by atoms with Crippen molar-refractivity contribution in [2.24, 2.45) is 5.92 Å². The number of hydrogen-bond donors (Lipinski definition) is 0. The number of Topliss-reactive ketones (excluding diaryl/α,β-unsaturated/α-hetero) is 1. The Morgan fingerprint density at radius 3 is 2.40 bits per heavy atom. The van der Waals surface area contributed by atoms with Gasteiger partial charge < -0.3 is 14.4 Å². The molecule has 2 saturated heterocycles. The summed E-state index contributed by atoms with van der Waals surface area (Å²) >= 11 is 0. The van der Waals surface area contributed by atoms with Gasteiger partial charge in [0.15, 0.2) is 5.78 Å². The quantitative estimate of drug-likeness (QED) is 0.667. The minimum atomic E-state index is -0.514. The van der Waals surface area contributed by atoms with E-state index in [9.17, 15) is 9.59 Å². The van der Waals surface area contributed by atoms with Gasteiger partial charge in [-0.15, -0.1) is 0 Å². The number of nitrogens with zero attached hydrogens (tertiary/aromatic N) is 2. The minimum Gasteiger partial charge on any atom is -0.481 e. The molecule has 1 aromatic carbocycles. The number of ether oxygens (including phenoxy) is 2. The smallest absolute Gasteiger partial charge is 0.410 e. The Hall–Kier alpha value is -2.63. The molecule has 1 amide bonds. The van der Waals surface area contributed by atoms with Crippen LogP contribution >= 0.6 is 0 Å². The van der Waals surface area contributed by atoms with Crippen LogP contribution in [0, 0.1) is 5.92 Å². The van der Waals surface area contributed by atoms with Gasteiger partial charge >= 0.3 is 6.09 Å². The summed E-state index contributed by atoms with van der Waals surface area (Å²) in [6.07, 6.45) is 4.12. The Balaban J connectivity index is 1.52. The normalized spacial score (nSPS) is 23.9. The van der Waals surface area contributed by atoms with Crippen LogP contribution in [0.15, 0.2) is 30.3 Å².